The van der Waals surface area contributed by atoms with Crippen LogP contribution >= 0.6 is 0 Å². The Morgan fingerprint density at radius 1 is 1.15 bits per heavy atom. The number of sulfonamides is 1. The number of rotatable bonds is 6. The number of amides is 4. The van der Waals surface area contributed by atoms with E-state index in [9.17, 15) is 27.6 Å². The summed E-state index contributed by atoms with van der Waals surface area (Å²) in [6.07, 6.45) is 7.96. The highest BCUT2D eigenvalue weighted by Crippen LogP contribution is 2.45. The highest BCUT2D eigenvalue weighted by atomic mass is 32.2. The van der Waals surface area contributed by atoms with Crippen LogP contribution in [-0.2, 0) is 29.2 Å². The largest absolute Gasteiger partial charge is 0.351 e. The van der Waals surface area contributed by atoms with E-state index in [1.165, 1.54) is 4.90 Å². The quantitative estimate of drug-likeness (QED) is 0.460. The van der Waals surface area contributed by atoms with Crippen molar-refractivity contribution >= 4 is 33.7 Å². The molecule has 4 rings (SSSR count). The van der Waals surface area contributed by atoms with Gasteiger partial charge in [0.2, 0.25) is 27.7 Å². The molecule has 4 fully saturated rings. The molecule has 2 aliphatic carbocycles. The first kappa shape index (κ1) is 23.7. The second-order valence-corrected chi connectivity index (χ2v) is 11.6. The van der Waals surface area contributed by atoms with Crippen molar-refractivity contribution in [2.75, 3.05) is 6.54 Å². The Hall–Kier alpha value is -2.43. The molecule has 2 saturated heterocycles. The average Bonchev–Trinajstić information content (AvgIpc) is 3.65. The van der Waals surface area contributed by atoms with Gasteiger partial charge in [-0.2, -0.15) is 0 Å². The summed E-state index contributed by atoms with van der Waals surface area (Å²) in [5.41, 5.74) is -1.35. The molecule has 182 valence electrons. The van der Waals surface area contributed by atoms with Crippen LogP contribution in [0.15, 0.2) is 12.2 Å². The minimum absolute atomic E-state index is 0.0909. The van der Waals surface area contributed by atoms with Gasteiger partial charge in [-0.1, -0.05) is 18.6 Å². The number of fused-ring (bicyclic) bond motifs is 2. The zero-order valence-electron chi connectivity index (χ0n) is 18.8. The summed E-state index contributed by atoms with van der Waals surface area (Å²) in [5.74, 6) is -1.80. The molecule has 0 aromatic heterocycles. The van der Waals surface area contributed by atoms with Crippen molar-refractivity contribution in [2.45, 2.75) is 87.6 Å². The van der Waals surface area contributed by atoms with E-state index in [0.717, 1.165) is 12.8 Å². The topological polar surface area (TPSA) is 142 Å². The molecule has 4 aliphatic rings. The lowest BCUT2D eigenvalue weighted by Gasteiger charge is -2.26. The molecule has 2 saturated carbocycles. The molecule has 0 spiro atoms. The summed E-state index contributed by atoms with van der Waals surface area (Å²) in [6.45, 7) is 2.04. The molecule has 0 aromatic carbocycles. The van der Waals surface area contributed by atoms with Crippen LogP contribution in [0.5, 0.6) is 0 Å². The number of carbonyl (C=O) groups is 4. The van der Waals surface area contributed by atoms with Crippen molar-refractivity contribution in [3.8, 4) is 0 Å². The number of allylic oxidation sites excluding steroid dienone is 1. The first-order valence-corrected chi connectivity index (χ1v) is 13.3. The van der Waals surface area contributed by atoms with Gasteiger partial charge in [-0.15, -0.1) is 0 Å². The van der Waals surface area contributed by atoms with Crippen LogP contribution in [0.25, 0.3) is 0 Å². The van der Waals surface area contributed by atoms with E-state index in [1.54, 1.807) is 19.1 Å². The predicted octanol–water partition coefficient (Wildman–Crippen LogP) is 0.0956. The van der Waals surface area contributed by atoms with Crippen LogP contribution in [0.3, 0.4) is 0 Å². The average molecular weight is 481 g/mol. The third kappa shape index (κ3) is 5.07. The lowest BCUT2D eigenvalue weighted by Crippen LogP contribution is -2.56. The summed E-state index contributed by atoms with van der Waals surface area (Å²) in [5, 5.41) is 5.13. The molecular formula is C22H32N4O6S. The van der Waals surface area contributed by atoms with Gasteiger partial charge in [0, 0.05) is 31.3 Å². The van der Waals surface area contributed by atoms with Gasteiger partial charge in [-0.25, -0.2) is 8.42 Å². The maximum absolute atomic E-state index is 13.3. The number of hydrogen-bond acceptors (Lipinski definition) is 6. The van der Waals surface area contributed by atoms with E-state index >= 15 is 0 Å². The van der Waals surface area contributed by atoms with E-state index in [1.807, 2.05) is 0 Å². The van der Waals surface area contributed by atoms with Gasteiger partial charge in [0.15, 0.2) is 0 Å². The summed E-state index contributed by atoms with van der Waals surface area (Å²) < 4.78 is 26.8. The van der Waals surface area contributed by atoms with Gasteiger partial charge in [0.05, 0.1) is 5.25 Å². The number of nitrogens with one attached hydrogen (secondary N) is 3. The van der Waals surface area contributed by atoms with Gasteiger partial charge < -0.3 is 15.5 Å². The molecule has 2 heterocycles. The smallest absolute Gasteiger partial charge is 0.259 e. The van der Waals surface area contributed by atoms with E-state index in [4.69, 9.17) is 0 Å². The summed E-state index contributed by atoms with van der Waals surface area (Å²) in [6, 6.07) is -1.15. The van der Waals surface area contributed by atoms with Gasteiger partial charge in [0.1, 0.15) is 11.6 Å². The van der Waals surface area contributed by atoms with Crippen LogP contribution in [0, 0.1) is 5.92 Å². The maximum atomic E-state index is 13.3. The van der Waals surface area contributed by atoms with Crippen LogP contribution in [0.2, 0.25) is 0 Å². The molecule has 4 amide bonds. The molecule has 2 bridgehead atoms. The first-order chi connectivity index (χ1) is 15.7. The third-order valence-electron chi connectivity index (χ3n) is 6.97. The fourth-order valence-electron chi connectivity index (χ4n) is 4.85. The number of nitrogens with zero attached hydrogens (tertiary/aromatic N) is 1. The lowest BCUT2D eigenvalue weighted by atomic mass is 10.1. The minimum atomic E-state index is -3.76. The Labute approximate surface area is 194 Å². The highest BCUT2D eigenvalue weighted by molar-refractivity contribution is 7.91. The Balaban J connectivity index is 1.50. The lowest BCUT2D eigenvalue weighted by molar-refractivity contribution is -0.139. The zero-order chi connectivity index (χ0) is 23.8. The van der Waals surface area contributed by atoms with Crippen molar-refractivity contribution < 1.29 is 27.6 Å². The summed E-state index contributed by atoms with van der Waals surface area (Å²) >= 11 is 0. The molecule has 4 unspecified atom stereocenters. The van der Waals surface area contributed by atoms with Crippen LogP contribution in [0.4, 0.5) is 0 Å². The van der Waals surface area contributed by atoms with E-state index in [0.29, 0.717) is 32.1 Å². The van der Waals surface area contributed by atoms with Gasteiger partial charge in [-0.05, 0) is 45.4 Å². The highest BCUT2D eigenvalue weighted by Gasteiger charge is 2.62. The van der Waals surface area contributed by atoms with Crippen molar-refractivity contribution in [1.29, 1.82) is 0 Å². The van der Waals surface area contributed by atoms with Crippen molar-refractivity contribution in [1.82, 2.24) is 20.3 Å². The molecule has 11 heteroatoms. The minimum Gasteiger partial charge on any atom is -0.351 e. The molecule has 0 aromatic rings. The Bertz CT molecular complexity index is 975. The Morgan fingerprint density at radius 2 is 1.88 bits per heavy atom. The predicted molar refractivity (Wildman–Crippen MR) is 119 cm³/mol. The fourth-order valence-corrected chi connectivity index (χ4v) is 6.21. The number of hydrogen-bond donors (Lipinski definition) is 3. The maximum Gasteiger partial charge on any atom is 0.259 e. The molecule has 10 nitrogen and oxygen atoms in total. The Morgan fingerprint density at radius 3 is 2.58 bits per heavy atom. The van der Waals surface area contributed by atoms with Crippen molar-refractivity contribution in [3.63, 3.8) is 0 Å². The monoisotopic (exact) mass is 480 g/mol. The van der Waals surface area contributed by atoms with Gasteiger partial charge in [-0.3, -0.25) is 23.9 Å². The standard InChI is InChI=1S/C22H32N4O6S/c1-2-6-14-12-22(14,21(30)25-33(31,32)16-9-10-16)24-20(29)17-11-15-13-26(17)19(28)8-5-3-4-7-18(27)23-15/h2,6,14-17H,3-5,7-13H2,1H3,(H,23,27)(H,24,29)(H,25,30)/b6-2-. The molecule has 0 radical (unpaired) electrons. The molecular weight excluding hydrogens is 448 g/mol. The molecule has 33 heavy (non-hydrogen) atoms. The van der Waals surface area contributed by atoms with Gasteiger partial charge >= 0.3 is 0 Å². The Kier molecular flexibility index (Phi) is 6.52. The second kappa shape index (κ2) is 9.08. The van der Waals surface area contributed by atoms with Crippen LogP contribution in [0.1, 0.15) is 64.7 Å². The molecule has 4 atom stereocenters. The normalized spacial score (nSPS) is 32.8. The SMILES string of the molecule is C/C=C\C1CC1(NC(=O)C1CC2CN1C(=O)CCCCCC(=O)N2)C(=O)NS(=O)(=O)C1CC1. The van der Waals surface area contributed by atoms with E-state index in [-0.39, 0.29) is 43.2 Å². The second-order valence-electron chi connectivity index (χ2n) is 9.60. The van der Waals surface area contributed by atoms with Crippen molar-refractivity contribution in [3.05, 3.63) is 12.2 Å². The summed E-state index contributed by atoms with van der Waals surface area (Å²) in [4.78, 5) is 52.8. The van der Waals surface area contributed by atoms with Gasteiger partial charge in [0.25, 0.3) is 5.91 Å². The molecule has 2 aliphatic heterocycles. The third-order valence-corrected chi connectivity index (χ3v) is 8.79. The van der Waals surface area contributed by atoms with E-state index < -0.39 is 38.7 Å². The van der Waals surface area contributed by atoms with Crippen LogP contribution < -0.4 is 15.4 Å². The first-order valence-electron chi connectivity index (χ1n) is 11.8. The summed E-state index contributed by atoms with van der Waals surface area (Å²) in [7, 11) is -3.76. The van der Waals surface area contributed by atoms with E-state index in [2.05, 4.69) is 15.4 Å². The zero-order valence-corrected chi connectivity index (χ0v) is 19.7. The van der Waals surface area contributed by atoms with Crippen molar-refractivity contribution in [2.24, 2.45) is 5.92 Å². The fraction of sp³-hybridized carbons (Fsp3) is 0.727. The molecule has 3 N–H and O–H groups in total. The van der Waals surface area contributed by atoms with Crippen LogP contribution in [-0.4, -0.2) is 66.4 Å². The number of carbonyl (C=O) groups excluding carboxylic acids is 4.